The summed E-state index contributed by atoms with van der Waals surface area (Å²) in [5.41, 5.74) is 0. The second kappa shape index (κ2) is 7.36. The van der Waals surface area contributed by atoms with Crippen LogP contribution < -0.4 is 0 Å². The Bertz CT molecular complexity index is 66.3. The molecule has 10 heavy (non-hydrogen) atoms. The van der Waals surface area contributed by atoms with E-state index in [2.05, 4.69) is 13.8 Å². The number of halogens is 1. The molecule has 0 aromatic carbocycles. The number of alkyl halides is 1. The summed E-state index contributed by atoms with van der Waals surface area (Å²) in [5.74, 6) is 0.754. The van der Waals surface area contributed by atoms with E-state index >= 15 is 0 Å². The second-order valence-corrected chi connectivity index (χ2v) is 2.86. The third-order valence-electron chi connectivity index (χ3n) is 1.51. The number of hydrogen-bond acceptors (Lipinski definition) is 1. The highest BCUT2D eigenvalue weighted by molar-refractivity contribution is 6.17. The minimum absolute atomic E-state index is 0.412. The fraction of sp³-hybridized carbons (Fsp3) is 1.00. The highest BCUT2D eigenvalue weighted by Gasteiger charge is 1.95. The molecule has 0 N–H and O–H groups in total. The second-order valence-electron chi connectivity index (χ2n) is 2.49. The van der Waals surface area contributed by atoms with Crippen LogP contribution in [0.3, 0.4) is 0 Å². The molecule has 0 unspecified atom stereocenters. The third kappa shape index (κ3) is 6.37. The zero-order chi connectivity index (χ0) is 7.82. The molecule has 0 bridgehead atoms. The minimum Gasteiger partial charge on any atom is -0.379 e. The van der Waals surface area contributed by atoms with Gasteiger partial charge in [-0.2, -0.15) is 0 Å². The van der Waals surface area contributed by atoms with Crippen molar-refractivity contribution in [3.63, 3.8) is 0 Å². The first-order chi connectivity index (χ1) is 4.81. The summed E-state index contributed by atoms with van der Waals surface area (Å²) in [7, 11) is 0. The average molecular weight is 165 g/mol. The topological polar surface area (TPSA) is 9.23 Å². The molecule has 0 aliphatic heterocycles. The van der Waals surface area contributed by atoms with E-state index in [0.29, 0.717) is 6.10 Å². The normalized spacial score (nSPS) is 13.5. The molecule has 0 spiro atoms. The van der Waals surface area contributed by atoms with Gasteiger partial charge in [0.2, 0.25) is 0 Å². The molecular formula is C8H17ClO. The van der Waals surface area contributed by atoms with Gasteiger partial charge in [0.25, 0.3) is 0 Å². The Morgan fingerprint density at radius 3 is 2.60 bits per heavy atom. The summed E-state index contributed by atoms with van der Waals surface area (Å²) >= 11 is 5.50. The first kappa shape index (κ1) is 10.2. The highest BCUT2D eigenvalue weighted by Crippen LogP contribution is 1.99. The average Bonchev–Trinajstić information content (AvgIpc) is 1.98. The Hall–Kier alpha value is 0.250. The summed E-state index contributed by atoms with van der Waals surface area (Å²) in [5, 5.41) is 0. The van der Waals surface area contributed by atoms with Gasteiger partial charge >= 0.3 is 0 Å². The molecule has 0 radical (unpaired) electrons. The van der Waals surface area contributed by atoms with Crippen molar-refractivity contribution in [1.29, 1.82) is 0 Å². The van der Waals surface area contributed by atoms with E-state index in [1.165, 1.54) is 0 Å². The monoisotopic (exact) mass is 164 g/mol. The Morgan fingerprint density at radius 1 is 1.40 bits per heavy atom. The van der Waals surface area contributed by atoms with Crippen LogP contribution in [0.25, 0.3) is 0 Å². The van der Waals surface area contributed by atoms with E-state index in [9.17, 15) is 0 Å². The van der Waals surface area contributed by atoms with E-state index in [4.69, 9.17) is 16.3 Å². The van der Waals surface area contributed by atoms with Crippen LogP contribution in [-0.4, -0.2) is 18.6 Å². The van der Waals surface area contributed by atoms with Crippen molar-refractivity contribution in [2.75, 3.05) is 12.5 Å². The van der Waals surface area contributed by atoms with Crippen molar-refractivity contribution in [2.24, 2.45) is 0 Å². The molecule has 0 fully saturated rings. The smallest absolute Gasteiger partial charge is 0.0544 e. The summed E-state index contributed by atoms with van der Waals surface area (Å²) in [6.45, 7) is 5.09. The van der Waals surface area contributed by atoms with Crippen LogP contribution in [0.4, 0.5) is 0 Å². The van der Waals surface area contributed by atoms with Crippen LogP contribution in [0.15, 0.2) is 0 Å². The fourth-order valence-corrected chi connectivity index (χ4v) is 0.788. The van der Waals surface area contributed by atoms with E-state index < -0.39 is 0 Å². The predicted molar refractivity (Wildman–Crippen MR) is 45.7 cm³/mol. The quantitative estimate of drug-likeness (QED) is 0.434. The van der Waals surface area contributed by atoms with Crippen LogP contribution in [0.5, 0.6) is 0 Å². The van der Waals surface area contributed by atoms with E-state index in [1.807, 2.05) is 0 Å². The summed E-state index contributed by atoms with van der Waals surface area (Å²) in [6, 6.07) is 0. The lowest BCUT2D eigenvalue weighted by Gasteiger charge is -2.08. The lowest BCUT2D eigenvalue weighted by molar-refractivity contribution is 0.0618. The van der Waals surface area contributed by atoms with Crippen molar-refractivity contribution < 1.29 is 4.74 Å². The molecule has 0 aromatic rings. The van der Waals surface area contributed by atoms with Gasteiger partial charge in [-0.25, -0.2) is 0 Å². The van der Waals surface area contributed by atoms with Gasteiger partial charge in [0.15, 0.2) is 0 Å². The summed E-state index contributed by atoms with van der Waals surface area (Å²) in [4.78, 5) is 0. The zero-order valence-electron chi connectivity index (χ0n) is 6.90. The Kier molecular flexibility index (Phi) is 7.54. The molecule has 62 valence electrons. The van der Waals surface area contributed by atoms with Crippen LogP contribution in [0, 0.1) is 0 Å². The summed E-state index contributed by atoms with van der Waals surface area (Å²) in [6.07, 6.45) is 3.67. The number of unbranched alkanes of at least 4 members (excludes halogenated alkanes) is 1. The third-order valence-corrected chi connectivity index (χ3v) is 1.77. The first-order valence-corrected chi connectivity index (χ1v) is 4.52. The van der Waals surface area contributed by atoms with Crippen LogP contribution in [0.2, 0.25) is 0 Å². The number of rotatable bonds is 6. The maximum absolute atomic E-state index is 5.50. The van der Waals surface area contributed by atoms with Gasteiger partial charge in [-0.15, -0.1) is 11.6 Å². The molecule has 0 aliphatic carbocycles. The van der Waals surface area contributed by atoms with Crippen molar-refractivity contribution in [1.82, 2.24) is 0 Å². The Morgan fingerprint density at radius 2 is 2.10 bits per heavy atom. The van der Waals surface area contributed by atoms with E-state index in [0.717, 1.165) is 31.7 Å². The van der Waals surface area contributed by atoms with Gasteiger partial charge in [-0.1, -0.05) is 6.92 Å². The van der Waals surface area contributed by atoms with Gasteiger partial charge in [0.1, 0.15) is 0 Å². The molecule has 0 aromatic heterocycles. The fourth-order valence-electron chi connectivity index (χ4n) is 0.599. The van der Waals surface area contributed by atoms with Crippen LogP contribution >= 0.6 is 11.6 Å². The van der Waals surface area contributed by atoms with Crippen LogP contribution in [0.1, 0.15) is 33.1 Å². The van der Waals surface area contributed by atoms with Gasteiger partial charge in [0.05, 0.1) is 6.10 Å². The molecule has 1 atom stereocenters. The standard InChI is InChI=1S/C8H17ClO/c1-3-8(2)10-7-5-4-6-9/h8H,3-7H2,1-2H3/t8-/m1/s1. The van der Waals surface area contributed by atoms with Gasteiger partial charge in [-0.3, -0.25) is 0 Å². The predicted octanol–water partition coefficient (Wildman–Crippen LogP) is 2.82. The Labute approximate surface area is 68.7 Å². The SMILES string of the molecule is CC[C@@H](C)OCCCCCl. The number of hydrogen-bond donors (Lipinski definition) is 0. The molecule has 0 aliphatic rings. The first-order valence-electron chi connectivity index (χ1n) is 3.98. The zero-order valence-corrected chi connectivity index (χ0v) is 7.66. The van der Waals surface area contributed by atoms with Crippen molar-refractivity contribution >= 4 is 11.6 Å². The van der Waals surface area contributed by atoms with E-state index in [-0.39, 0.29) is 0 Å². The minimum atomic E-state index is 0.412. The molecule has 0 heterocycles. The van der Waals surface area contributed by atoms with E-state index in [1.54, 1.807) is 0 Å². The number of ether oxygens (including phenoxy) is 1. The highest BCUT2D eigenvalue weighted by atomic mass is 35.5. The molecular weight excluding hydrogens is 148 g/mol. The van der Waals surface area contributed by atoms with Gasteiger partial charge in [0, 0.05) is 12.5 Å². The van der Waals surface area contributed by atoms with Gasteiger partial charge in [-0.05, 0) is 26.2 Å². The molecule has 0 amide bonds. The largest absolute Gasteiger partial charge is 0.379 e. The lowest BCUT2D eigenvalue weighted by Crippen LogP contribution is -2.07. The maximum Gasteiger partial charge on any atom is 0.0544 e. The van der Waals surface area contributed by atoms with Crippen molar-refractivity contribution in [3.05, 3.63) is 0 Å². The Balaban J connectivity index is 2.89. The molecule has 0 saturated carbocycles. The van der Waals surface area contributed by atoms with Crippen molar-refractivity contribution in [2.45, 2.75) is 39.2 Å². The van der Waals surface area contributed by atoms with Crippen molar-refractivity contribution in [3.8, 4) is 0 Å². The van der Waals surface area contributed by atoms with Gasteiger partial charge < -0.3 is 4.74 Å². The summed E-state index contributed by atoms with van der Waals surface area (Å²) < 4.78 is 5.43. The lowest BCUT2D eigenvalue weighted by atomic mass is 10.3. The molecule has 1 nitrogen and oxygen atoms in total. The molecule has 0 saturated heterocycles. The molecule has 0 rings (SSSR count). The maximum atomic E-state index is 5.50. The van der Waals surface area contributed by atoms with Crippen LogP contribution in [-0.2, 0) is 4.74 Å². The molecule has 2 heteroatoms.